The average Bonchev–Trinajstić information content (AvgIpc) is 3.79. The van der Waals surface area contributed by atoms with Gasteiger partial charge in [0.05, 0.1) is 48.4 Å². The van der Waals surface area contributed by atoms with Crippen LogP contribution in [0.15, 0.2) is 48.5 Å². The molecule has 3 amide bonds. The fourth-order valence-corrected chi connectivity index (χ4v) is 11.7. The molecule has 2 aromatic heterocycles. The Hall–Kier alpha value is -5.58. The first kappa shape index (κ1) is 41.4. The number of imidazole rings is 2. The zero-order valence-electron chi connectivity index (χ0n) is 36.8. The van der Waals surface area contributed by atoms with Crippen molar-refractivity contribution in [2.75, 3.05) is 34.6 Å². The number of H-pyrrole nitrogens is 2. The van der Waals surface area contributed by atoms with Crippen LogP contribution in [0.3, 0.4) is 0 Å². The number of ether oxygens (including phenoxy) is 3. The Morgan fingerprint density at radius 1 is 0.968 bits per heavy atom. The number of piperidine rings is 2. The predicted octanol–water partition coefficient (Wildman–Crippen LogP) is 5.24. The van der Waals surface area contributed by atoms with Gasteiger partial charge in [0.25, 0.3) is 6.47 Å². The molecule has 16 nitrogen and oxygen atoms in total. The van der Waals surface area contributed by atoms with Crippen molar-refractivity contribution >= 4 is 57.2 Å². The molecule has 332 valence electrons. The molecule has 1 spiro atoms. The lowest BCUT2D eigenvalue weighted by atomic mass is 9.95. The molecule has 5 aromatic rings. The second-order valence-corrected chi connectivity index (χ2v) is 18.9. The highest BCUT2D eigenvalue weighted by Crippen LogP contribution is 2.66. The number of aromatic nitrogens is 4. The van der Waals surface area contributed by atoms with Gasteiger partial charge in [-0.25, -0.2) is 14.8 Å². The number of amides is 3. The van der Waals surface area contributed by atoms with E-state index in [-0.39, 0.29) is 53.1 Å². The monoisotopic (exact) mass is 859 g/mol. The fraction of sp³-hybridized carbons (Fsp3) is 0.532. The van der Waals surface area contributed by atoms with Crippen molar-refractivity contribution in [3.8, 4) is 0 Å². The van der Waals surface area contributed by atoms with Gasteiger partial charge in [0.2, 0.25) is 11.8 Å². The van der Waals surface area contributed by atoms with Crippen molar-refractivity contribution in [2.45, 2.75) is 107 Å². The standard InChI is InChI=1S/C45H53N9O5.C2H4O2/c1-23(2)36(51-43(57)58-5)41(55)53-34(18-27-20-44(27,53)3)39-47-30-12-9-25(17-32(30)49-39)7-6-24-8-11-29-26(16-24)10-13-31-37(29)50-40(48-31)35-19-28-21-45(28)52-22-59-15-14-33(52)38(46-4)42(56)54(35)45;1-4-2-3/h8-13,16-17,23,27-28,33-36,38,46H,6-7,14-15,18-22H2,1-5H3,(H,47,49)(H,48,50)(H,51,57);2H,1H3/t27-,28-,33?,34-,35-,36?,38-,44?,45+;/m0./s1. The third-order valence-corrected chi connectivity index (χ3v) is 15.1. The van der Waals surface area contributed by atoms with Crippen molar-refractivity contribution in [1.29, 1.82) is 0 Å². The molecular weight excluding hydrogens is 803 g/mol. The number of carbonyl (C=O) groups excluding carboxylic acids is 4. The maximum absolute atomic E-state index is 14.1. The van der Waals surface area contributed by atoms with E-state index < -0.39 is 12.1 Å². The molecule has 11 rings (SSSR count). The molecule has 6 heterocycles. The van der Waals surface area contributed by atoms with Crippen LogP contribution in [-0.4, -0.2) is 123 Å². The number of methoxy groups -OCH3 is 2. The summed E-state index contributed by atoms with van der Waals surface area (Å²) >= 11 is 0. The number of likely N-dealkylation sites (tertiary alicyclic amines) is 1. The number of carbonyl (C=O) groups is 4. The topological polar surface area (TPSA) is 187 Å². The first-order valence-corrected chi connectivity index (χ1v) is 22.3. The van der Waals surface area contributed by atoms with Gasteiger partial charge in [-0.3, -0.25) is 19.3 Å². The third-order valence-electron chi connectivity index (χ3n) is 15.1. The molecule has 16 heteroatoms. The summed E-state index contributed by atoms with van der Waals surface area (Å²) in [5, 5.41) is 8.37. The lowest BCUT2D eigenvalue weighted by molar-refractivity contribution is -0.182. The summed E-state index contributed by atoms with van der Waals surface area (Å²) in [4.78, 5) is 73.3. The maximum Gasteiger partial charge on any atom is 0.407 e. The summed E-state index contributed by atoms with van der Waals surface area (Å²) < 4.78 is 14.6. The zero-order chi connectivity index (χ0) is 43.9. The van der Waals surface area contributed by atoms with E-state index in [9.17, 15) is 14.4 Å². The number of likely N-dealkylation sites (N-methyl/N-ethyl adjacent to an activating group) is 1. The highest BCUT2D eigenvalue weighted by Gasteiger charge is 2.75. The quantitative estimate of drug-likeness (QED) is 0.135. The minimum absolute atomic E-state index is 0.0887. The molecule has 4 N–H and O–H groups in total. The van der Waals surface area contributed by atoms with Gasteiger partial charge < -0.3 is 44.6 Å². The number of hydrogen-bond donors (Lipinski definition) is 4. The molecular formula is C47H57N9O7. The van der Waals surface area contributed by atoms with Gasteiger partial charge in [-0.1, -0.05) is 44.2 Å². The van der Waals surface area contributed by atoms with Crippen molar-refractivity contribution in [2.24, 2.45) is 17.8 Å². The average molecular weight is 860 g/mol. The predicted molar refractivity (Wildman–Crippen MR) is 234 cm³/mol. The molecule has 6 fully saturated rings. The van der Waals surface area contributed by atoms with E-state index in [0.29, 0.717) is 31.6 Å². The van der Waals surface area contributed by atoms with Gasteiger partial charge in [-0.15, -0.1) is 0 Å². The lowest BCUT2D eigenvalue weighted by Crippen LogP contribution is -2.72. The van der Waals surface area contributed by atoms with Gasteiger partial charge in [-0.2, -0.15) is 0 Å². The van der Waals surface area contributed by atoms with E-state index in [4.69, 9.17) is 24.2 Å². The Labute approximate surface area is 365 Å². The third kappa shape index (κ3) is 6.66. The van der Waals surface area contributed by atoms with E-state index in [1.54, 1.807) is 0 Å². The van der Waals surface area contributed by atoms with Crippen LogP contribution >= 0.6 is 0 Å². The largest absolute Gasteiger partial charge is 0.471 e. The zero-order valence-corrected chi connectivity index (χ0v) is 36.8. The molecule has 0 radical (unpaired) electrons. The van der Waals surface area contributed by atoms with Crippen molar-refractivity contribution < 1.29 is 33.4 Å². The van der Waals surface area contributed by atoms with E-state index >= 15 is 0 Å². The number of rotatable bonds is 10. The normalized spacial score (nSPS) is 29.7. The highest BCUT2D eigenvalue weighted by atomic mass is 16.5. The van der Waals surface area contributed by atoms with Crippen LogP contribution in [-0.2, 0) is 41.4 Å². The van der Waals surface area contributed by atoms with E-state index in [1.165, 1.54) is 25.3 Å². The summed E-state index contributed by atoms with van der Waals surface area (Å²) in [6.07, 6.45) is 5.72. The van der Waals surface area contributed by atoms with E-state index in [1.807, 2.05) is 25.8 Å². The van der Waals surface area contributed by atoms with Crippen LogP contribution in [0.4, 0.5) is 4.79 Å². The van der Waals surface area contributed by atoms with Crippen LogP contribution in [0.1, 0.15) is 87.7 Å². The molecule has 3 aromatic carbocycles. The summed E-state index contributed by atoms with van der Waals surface area (Å²) in [7, 11) is 4.53. The molecule has 4 aliphatic heterocycles. The Morgan fingerprint density at radius 2 is 1.70 bits per heavy atom. The Bertz CT molecular complexity index is 2630. The molecule has 9 atom stereocenters. The van der Waals surface area contributed by atoms with Gasteiger partial charge in [-0.05, 0) is 105 Å². The van der Waals surface area contributed by atoms with Crippen LogP contribution in [0.5, 0.6) is 0 Å². The van der Waals surface area contributed by atoms with Gasteiger partial charge in [0.1, 0.15) is 36.1 Å². The highest BCUT2D eigenvalue weighted by molar-refractivity contribution is 6.04. The molecule has 2 aliphatic carbocycles. The number of benzene rings is 3. The summed E-state index contributed by atoms with van der Waals surface area (Å²) in [5.74, 6) is 2.51. The first-order valence-electron chi connectivity index (χ1n) is 22.3. The minimum atomic E-state index is -0.683. The van der Waals surface area contributed by atoms with E-state index in [2.05, 4.69) is 90.6 Å². The van der Waals surface area contributed by atoms with Crippen molar-refractivity contribution in [3.05, 3.63) is 71.3 Å². The summed E-state index contributed by atoms with van der Waals surface area (Å²) in [5.41, 5.74) is 5.74. The maximum atomic E-state index is 14.1. The number of aromatic amines is 2. The van der Waals surface area contributed by atoms with Crippen LogP contribution in [0.25, 0.3) is 32.8 Å². The van der Waals surface area contributed by atoms with Gasteiger partial charge >= 0.3 is 6.09 Å². The van der Waals surface area contributed by atoms with Crippen LogP contribution in [0, 0.1) is 17.8 Å². The minimum Gasteiger partial charge on any atom is -0.471 e. The Kier molecular flexibility index (Phi) is 10.3. The number of alkyl carbamates (subject to hydrolysis) is 1. The Morgan fingerprint density at radius 3 is 2.44 bits per heavy atom. The first-order chi connectivity index (χ1) is 30.4. The number of nitrogens with zero attached hydrogens (tertiary/aromatic N) is 5. The summed E-state index contributed by atoms with van der Waals surface area (Å²) in [6, 6.07) is 16.3. The van der Waals surface area contributed by atoms with Gasteiger partial charge in [0.15, 0.2) is 0 Å². The SMILES string of the molecule is CN[C@@H]1C(=O)N2[C@H](c3nc4c(ccc5cc(CCc6ccc7nc([C@@H]8C[C@H]9CC9(C)N8C(=O)C(NC(=O)OC)C(C)C)[nH]c7c6)ccc54)[nH]3)C[C@H]3C[C@]32N2COCCC12.COC=O. The molecule has 6 aliphatic rings. The second kappa shape index (κ2) is 15.6. The van der Waals surface area contributed by atoms with Crippen molar-refractivity contribution in [3.63, 3.8) is 0 Å². The van der Waals surface area contributed by atoms with E-state index in [0.717, 1.165) is 89.4 Å². The smallest absolute Gasteiger partial charge is 0.407 e. The van der Waals surface area contributed by atoms with Crippen LogP contribution < -0.4 is 10.6 Å². The number of hydrogen-bond acceptors (Lipinski definition) is 11. The molecule has 63 heavy (non-hydrogen) atoms. The van der Waals surface area contributed by atoms with Gasteiger partial charge in [0, 0.05) is 29.5 Å². The lowest BCUT2D eigenvalue weighted by Gasteiger charge is -2.53. The number of nitrogens with one attached hydrogen (secondary N) is 4. The number of fused-ring (bicyclic) bond motifs is 6. The molecule has 2 saturated carbocycles. The van der Waals surface area contributed by atoms with Crippen LogP contribution in [0.2, 0.25) is 0 Å². The number of aryl methyl sites for hydroxylation is 2. The second-order valence-electron chi connectivity index (χ2n) is 18.9. The molecule has 0 bridgehead atoms. The fourth-order valence-electron chi connectivity index (χ4n) is 11.7. The molecule has 4 saturated heterocycles. The summed E-state index contributed by atoms with van der Waals surface area (Å²) in [6.45, 7) is 7.67. The van der Waals surface area contributed by atoms with Crippen molar-refractivity contribution in [1.82, 2.24) is 45.3 Å². The Balaban J connectivity index is 0.00000113. The molecule has 3 unspecified atom stereocenters.